The highest BCUT2D eigenvalue weighted by atomic mass is 32.2. The monoisotopic (exact) mass is 1520 g/mol. The van der Waals surface area contributed by atoms with E-state index < -0.39 is 50.1 Å². The third-order valence-corrected chi connectivity index (χ3v) is 29.5. The lowest BCUT2D eigenvalue weighted by Gasteiger charge is -2.40. The van der Waals surface area contributed by atoms with Crippen LogP contribution in [-0.4, -0.2) is 197 Å². The van der Waals surface area contributed by atoms with E-state index in [9.17, 15) is 46.5 Å². The molecule has 5 aromatic carbocycles. The zero-order chi connectivity index (χ0) is 74.6. The number of nitrogens with zero attached hydrogens (tertiary/aromatic N) is 6. The number of aromatic amines is 5. The number of piperazine rings is 1. The number of nitrogens with one attached hydrogen (secondary N) is 5. The van der Waals surface area contributed by atoms with E-state index in [1.807, 2.05) is 30.5 Å². The minimum Gasteiger partial charge on any atom is -0.367 e. The third kappa shape index (κ3) is 17.5. The van der Waals surface area contributed by atoms with E-state index in [0.717, 1.165) is 116 Å². The van der Waals surface area contributed by atoms with E-state index >= 15 is 0 Å². The van der Waals surface area contributed by atoms with Crippen molar-refractivity contribution in [2.75, 3.05) is 102 Å². The molecule has 15 rings (SSSR count). The predicted octanol–water partition coefficient (Wildman–Crippen LogP) is 13.3. The van der Waals surface area contributed by atoms with Gasteiger partial charge in [0.05, 0.1) is 42.5 Å². The quantitative estimate of drug-likeness (QED) is 0.0683. The number of H-pyrrole nitrogens is 5. The summed E-state index contributed by atoms with van der Waals surface area (Å²) in [6, 6.07) is 38.2. The summed E-state index contributed by atoms with van der Waals surface area (Å²) < 4.78 is 139. The van der Waals surface area contributed by atoms with Gasteiger partial charge in [-0.25, -0.2) is 55.1 Å². The summed E-state index contributed by atoms with van der Waals surface area (Å²) in [5.74, 6) is 0.598. The van der Waals surface area contributed by atoms with E-state index in [-0.39, 0.29) is 28.7 Å². The van der Waals surface area contributed by atoms with E-state index in [2.05, 4.69) is 155 Å². The van der Waals surface area contributed by atoms with E-state index in [0.29, 0.717) is 77.3 Å². The zero-order valence-electron chi connectivity index (χ0n) is 61.4. The molecule has 564 valence electrons. The van der Waals surface area contributed by atoms with Crippen molar-refractivity contribution in [1.29, 1.82) is 0 Å². The van der Waals surface area contributed by atoms with Gasteiger partial charge in [-0.05, 0) is 164 Å². The van der Waals surface area contributed by atoms with Crippen molar-refractivity contribution in [3.63, 3.8) is 0 Å². The molecule has 0 saturated carbocycles. The third-order valence-electron chi connectivity index (χ3n) is 22.9. The molecule has 5 saturated heterocycles. The zero-order valence-corrected chi connectivity index (χ0v) is 65.5. The molecule has 104 heavy (non-hydrogen) atoms. The lowest BCUT2D eigenvalue weighted by molar-refractivity contribution is 0.227. The smallest absolute Gasteiger partial charge is 0.211 e. The van der Waals surface area contributed by atoms with Crippen molar-refractivity contribution in [2.24, 2.45) is 0 Å². The fourth-order valence-corrected chi connectivity index (χ4v) is 21.8. The van der Waals surface area contributed by atoms with E-state index in [1.54, 1.807) is 23.3 Å². The predicted molar refractivity (Wildman–Crippen MR) is 421 cm³/mol. The fourth-order valence-electron chi connectivity index (χ4n) is 16.8. The Labute approximate surface area is 614 Å². The summed E-state index contributed by atoms with van der Waals surface area (Å²) in [5, 5.41) is 6.04. The molecule has 0 radical (unpaired) electrons. The number of sulfonamides is 5. The van der Waals surface area contributed by atoms with Crippen LogP contribution in [0.1, 0.15) is 139 Å². The first-order valence-electron chi connectivity index (χ1n) is 36.4. The first-order valence-corrected chi connectivity index (χ1v) is 45.7. The number of rotatable bonds is 14. The Morgan fingerprint density at radius 1 is 0.385 bits per heavy atom. The van der Waals surface area contributed by atoms with Gasteiger partial charge in [-0.1, -0.05) is 100 Å². The summed E-state index contributed by atoms with van der Waals surface area (Å²) in [6.45, 7) is 14.5. The maximum atomic E-state index is 13.2. The van der Waals surface area contributed by atoms with Gasteiger partial charge in [0, 0.05) is 158 Å². The molecule has 5 aromatic heterocycles. The Balaban J connectivity index is 0.000000130. The van der Waals surface area contributed by atoms with Crippen LogP contribution in [0.15, 0.2) is 146 Å². The lowest BCUT2D eigenvalue weighted by atomic mass is 9.71. The molecule has 0 bridgehead atoms. The average Bonchev–Trinajstić information content (AvgIpc) is 1.60. The van der Waals surface area contributed by atoms with Gasteiger partial charge in [0.15, 0.2) is 0 Å². The highest BCUT2D eigenvalue weighted by Crippen LogP contribution is 2.45. The summed E-state index contributed by atoms with van der Waals surface area (Å²) in [7, 11) is -15.4. The van der Waals surface area contributed by atoms with Crippen LogP contribution in [0.5, 0.6) is 0 Å². The molecule has 5 aliphatic rings. The van der Waals surface area contributed by atoms with Crippen LogP contribution in [0.4, 0.5) is 10.1 Å². The van der Waals surface area contributed by atoms with Gasteiger partial charge in [-0.2, -0.15) is 12.9 Å². The normalized spacial score (nSPS) is 21.3. The van der Waals surface area contributed by atoms with Gasteiger partial charge in [0.2, 0.25) is 50.1 Å². The Morgan fingerprint density at radius 3 is 1.10 bits per heavy atom. The van der Waals surface area contributed by atoms with Crippen LogP contribution >= 0.6 is 0 Å². The number of benzene rings is 5. The maximum absolute atomic E-state index is 13.2. The van der Waals surface area contributed by atoms with Crippen molar-refractivity contribution in [3.8, 4) is 0 Å². The van der Waals surface area contributed by atoms with Crippen molar-refractivity contribution >= 4 is 110 Å². The van der Waals surface area contributed by atoms with Crippen LogP contribution in [0.2, 0.25) is 0 Å². The standard InChI is InChI=1S/4C16H22N2O2S.C13H16FN3O2S/c2*1-3-16(8-10-18(11-9-16)21(2,19)20)14-12-17-15-7-5-4-6-13(14)15;2*1-3-13-10-12(8-9-18(13)21(2,19)20)15-11-17-16-7-5-4-6-14(15)16;1-20(18,19)17-6-4-16(5-7-17)13-9-15-12-8-10(14)2-3-11(12)13/h2*4-7,12,17H,3,8-11H2,1-2H3;2*4-7,11-13,17H,3,8-10H2,1-2H3;2-3,8-9,15H,4-7H2,1H3. The Kier molecular flexibility index (Phi) is 24.2. The Hall–Kier alpha value is -6.92. The molecule has 4 unspecified atom stereocenters. The lowest BCUT2D eigenvalue weighted by Crippen LogP contribution is -2.48. The number of hydrogen-bond donors (Lipinski definition) is 5. The van der Waals surface area contributed by atoms with E-state index in [4.69, 9.17) is 0 Å². The van der Waals surface area contributed by atoms with Crippen molar-refractivity contribution in [3.05, 3.63) is 174 Å². The van der Waals surface area contributed by atoms with Crippen LogP contribution in [0.3, 0.4) is 0 Å². The Morgan fingerprint density at radius 2 is 0.731 bits per heavy atom. The minimum absolute atomic E-state index is 0.0841. The highest BCUT2D eigenvalue weighted by molar-refractivity contribution is 7.89. The molecular formula is C77H104FN11O10S5. The topological polar surface area (TPSA) is 269 Å². The van der Waals surface area contributed by atoms with Crippen LogP contribution in [0, 0.1) is 5.82 Å². The molecule has 0 aliphatic carbocycles. The Bertz CT molecular complexity index is 4930. The van der Waals surface area contributed by atoms with Crippen molar-refractivity contribution in [1.82, 2.24) is 46.4 Å². The molecule has 5 fully saturated rings. The number of piperidine rings is 4. The number of para-hydroxylation sites is 4. The number of hydrogen-bond acceptors (Lipinski definition) is 11. The molecular weight excluding hydrogens is 1420 g/mol. The second-order valence-corrected chi connectivity index (χ2v) is 38.8. The first kappa shape index (κ1) is 78.2. The fraction of sp³-hybridized carbons (Fsp3) is 0.481. The molecule has 5 aliphatic heterocycles. The molecule has 21 nitrogen and oxygen atoms in total. The maximum Gasteiger partial charge on any atom is 0.211 e. The van der Waals surface area contributed by atoms with E-state index in [1.165, 1.54) is 91.5 Å². The van der Waals surface area contributed by atoms with Gasteiger partial charge < -0.3 is 29.8 Å². The largest absolute Gasteiger partial charge is 0.367 e. The van der Waals surface area contributed by atoms with Gasteiger partial charge in [0.1, 0.15) is 5.82 Å². The SMILES string of the molecule is CCC1(c2c[nH]c3ccccc23)CCN(S(C)(=O)=O)CC1.CCC1(c2c[nH]c3ccccc23)CCN(S(C)(=O)=O)CC1.CCC1CC(c2c[nH]c3ccccc23)CCN1S(C)(=O)=O.CCC1CC(c2c[nH]c3ccccc23)CCN1S(C)(=O)=O.CS(=O)(=O)N1CCN(c2c[nH]c3cc(F)ccc23)CC1. The van der Waals surface area contributed by atoms with Gasteiger partial charge in [-0.15, -0.1) is 0 Å². The molecule has 0 amide bonds. The molecule has 4 atom stereocenters. The van der Waals surface area contributed by atoms with Crippen LogP contribution < -0.4 is 4.90 Å². The molecule has 0 spiro atoms. The minimum atomic E-state index is -3.12. The van der Waals surface area contributed by atoms with Crippen LogP contribution in [0.25, 0.3) is 54.5 Å². The second-order valence-electron chi connectivity index (χ2n) is 29.0. The van der Waals surface area contributed by atoms with Crippen molar-refractivity contribution in [2.45, 2.75) is 139 Å². The second kappa shape index (κ2) is 32.3. The summed E-state index contributed by atoms with van der Waals surface area (Å²) in [4.78, 5) is 18.5. The van der Waals surface area contributed by atoms with Crippen molar-refractivity contribution < 1.29 is 46.5 Å². The number of fused-ring (bicyclic) bond motifs is 5. The number of halogens is 1. The summed E-state index contributed by atoms with van der Waals surface area (Å²) >= 11 is 0. The highest BCUT2D eigenvalue weighted by Gasteiger charge is 2.41. The van der Waals surface area contributed by atoms with Crippen LogP contribution in [-0.2, 0) is 60.9 Å². The molecule has 5 N–H and O–H groups in total. The summed E-state index contributed by atoms with van der Waals surface area (Å²) in [5.41, 5.74) is 11.9. The number of aromatic nitrogens is 5. The van der Waals surface area contributed by atoms with Gasteiger partial charge >= 0.3 is 0 Å². The molecule has 10 heterocycles. The number of anilines is 1. The first-order chi connectivity index (χ1) is 49.4. The molecule has 27 heteroatoms. The average molecular weight is 1520 g/mol. The molecule has 10 aromatic rings. The summed E-state index contributed by atoms with van der Waals surface area (Å²) in [6.07, 6.45) is 27.7. The van der Waals surface area contributed by atoms with Gasteiger partial charge in [0.25, 0.3) is 0 Å². The van der Waals surface area contributed by atoms with Gasteiger partial charge in [-0.3, -0.25) is 0 Å².